The summed E-state index contributed by atoms with van der Waals surface area (Å²) in [6.07, 6.45) is 11.3. The first-order valence-electron chi connectivity index (χ1n) is 9.74. The van der Waals surface area contributed by atoms with Crippen LogP contribution in [0.1, 0.15) is 80.6 Å². The first-order chi connectivity index (χ1) is 12.8. The molecule has 0 rings (SSSR count). The predicted octanol–water partition coefficient (Wildman–Crippen LogP) is 6.64. The first-order valence-corrected chi connectivity index (χ1v) is 9.74. The van der Waals surface area contributed by atoms with E-state index in [4.69, 9.17) is 9.84 Å². The van der Waals surface area contributed by atoms with Crippen molar-refractivity contribution >= 4 is 11.9 Å². The Morgan fingerprint density at radius 2 is 1.36 bits per heavy atom. The van der Waals surface area contributed by atoms with Crippen molar-refractivity contribution in [2.45, 2.75) is 86.2 Å². The summed E-state index contributed by atoms with van der Waals surface area (Å²) in [4.78, 5) is 21.4. The minimum atomic E-state index is -0.760. The van der Waals surface area contributed by atoms with Gasteiger partial charge >= 0.3 is 11.9 Å². The standard InChI is InChI=1S/2C12H20O2/c1-6-12(5,14-11(4)13)9-7-8-10(2)3;1-5-12(4,9-11(13)14)8-6-7-10(2)3/h6,8H,1,7,9H2,2-5H3;5,7H,1,6,8-9H2,2-4H3,(H,13,14). The molecule has 0 radical (unpaired) electrons. The molecule has 0 aliphatic carbocycles. The number of carboxylic acids is 1. The zero-order chi connectivity index (χ0) is 22.4. The quantitative estimate of drug-likeness (QED) is 0.316. The van der Waals surface area contributed by atoms with Gasteiger partial charge in [0.15, 0.2) is 0 Å². The largest absolute Gasteiger partial charge is 0.481 e. The molecule has 160 valence electrons. The van der Waals surface area contributed by atoms with Gasteiger partial charge in [-0.05, 0) is 71.8 Å². The highest BCUT2D eigenvalue weighted by Gasteiger charge is 2.23. The van der Waals surface area contributed by atoms with Crippen molar-refractivity contribution in [3.8, 4) is 0 Å². The highest BCUT2D eigenvalue weighted by atomic mass is 16.6. The molecule has 2 unspecified atom stereocenters. The van der Waals surface area contributed by atoms with Crippen LogP contribution in [0.25, 0.3) is 0 Å². The van der Waals surface area contributed by atoms with E-state index >= 15 is 0 Å². The van der Waals surface area contributed by atoms with Gasteiger partial charge in [0, 0.05) is 6.92 Å². The lowest BCUT2D eigenvalue weighted by Gasteiger charge is -2.24. The Balaban J connectivity index is 0. The molecule has 2 atom stereocenters. The van der Waals surface area contributed by atoms with Crippen LogP contribution >= 0.6 is 0 Å². The van der Waals surface area contributed by atoms with E-state index in [1.54, 1.807) is 12.2 Å². The molecular formula is C24H40O4. The molecule has 0 spiro atoms. The van der Waals surface area contributed by atoms with Crippen molar-refractivity contribution in [2.75, 3.05) is 0 Å². The summed E-state index contributed by atoms with van der Waals surface area (Å²) in [5, 5.41) is 8.73. The number of ether oxygens (including phenoxy) is 1. The summed E-state index contributed by atoms with van der Waals surface area (Å²) in [6, 6.07) is 0. The molecular weight excluding hydrogens is 352 g/mol. The van der Waals surface area contributed by atoms with Crippen LogP contribution in [-0.4, -0.2) is 22.6 Å². The van der Waals surface area contributed by atoms with Crippen LogP contribution in [0.3, 0.4) is 0 Å². The lowest BCUT2D eigenvalue weighted by atomic mass is 9.82. The highest BCUT2D eigenvalue weighted by molar-refractivity contribution is 5.68. The molecule has 4 heteroatoms. The summed E-state index contributed by atoms with van der Waals surface area (Å²) in [6.45, 7) is 20.8. The highest BCUT2D eigenvalue weighted by Crippen LogP contribution is 2.29. The fourth-order valence-electron chi connectivity index (χ4n) is 2.47. The average molecular weight is 393 g/mol. The van der Waals surface area contributed by atoms with Crippen molar-refractivity contribution < 1.29 is 19.4 Å². The van der Waals surface area contributed by atoms with Crippen LogP contribution < -0.4 is 0 Å². The predicted molar refractivity (Wildman–Crippen MR) is 118 cm³/mol. The Morgan fingerprint density at radius 1 is 0.893 bits per heavy atom. The monoisotopic (exact) mass is 392 g/mol. The number of esters is 1. The van der Waals surface area contributed by atoms with Gasteiger partial charge in [0.25, 0.3) is 0 Å². The number of carbonyl (C=O) groups excluding carboxylic acids is 1. The zero-order valence-corrected chi connectivity index (χ0v) is 18.9. The molecule has 0 fully saturated rings. The Bertz CT molecular complexity index is 525. The summed E-state index contributed by atoms with van der Waals surface area (Å²) < 4.78 is 5.18. The van der Waals surface area contributed by atoms with Crippen molar-refractivity contribution in [2.24, 2.45) is 5.41 Å². The third-order valence-corrected chi connectivity index (χ3v) is 4.32. The molecule has 0 saturated carbocycles. The van der Waals surface area contributed by atoms with E-state index in [9.17, 15) is 9.59 Å². The molecule has 0 aromatic heterocycles. The fourth-order valence-corrected chi connectivity index (χ4v) is 2.47. The first kappa shape index (κ1) is 28.1. The minimum Gasteiger partial charge on any atom is -0.481 e. The molecule has 4 nitrogen and oxygen atoms in total. The van der Waals surface area contributed by atoms with Gasteiger partial charge in [0.2, 0.25) is 0 Å². The normalized spacial score (nSPS) is 14.1. The summed E-state index contributed by atoms with van der Waals surface area (Å²) >= 11 is 0. The van der Waals surface area contributed by atoms with Crippen LogP contribution in [0.15, 0.2) is 48.6 Å². The van der Waals surface area contributed by atoms with E-state index in [0.717, 1.165) is 25.7 Å². The Kier molecular flexibility index (Phi) is 14.0. The smallest absolute Gasteiger partial charge is 0.304 e. The number of aliphatic carboxylic acids is 1. The van der Waals surface area contributed by atoms with Crippen molar-refractivity contribution in [3.05, 3.63) is 48.6 Å². The molecule has 0 heterocycles. The average Bonchev–Trinajstić information content (AvgIpc) is 2.53. The lowest BCUT2D eigenvalue weighted by Crippen LogP contribution is -2.27. The van der Waals surface area contributed by atoms with E-state index in [1.807, 2.05) is 27.7 Å². The zero-order valence-electron chi connectivity index (χ0n) is 18.9. The number of carboxylic acid groups (broad SMARTS) is 1. The van der Waals surface area contributed by atoms with Gasteiger partial charge in [-0.3, -0.25) is 9.59 Å². The van der Waals surface area contributed by atoms with Gasteiger partial charge in [-0.1, -0.05) is 42.9 Å². The number of allylic oxidation sites excluding steroid dienone is 5. The number of rotatable bonds is 11. The van der Waals surface area contributed by atoms with Crippen LogP contribution in [0.5, 0.6) is 0 Å². The van der Waals surface area contributed by atoms with E-state index in [2.05, 4.69) is 39.2 Å². The van der Waals surface area contributed by atoms with Crippen molar-refractivity contribution in [3.63, 3.8) is 0 Å². The second-order valence-electron chi connectivity index (χ2n) is 8.18. The maximum atomic E-state index is 10.8. The molecule has 0 bridgehead atoms. The van der Waals surface area contributed by atoms with Gasteiger partial charge in [0.1, 0.15) is 5.60 Å². The lowest BCUT2D eigenvalue weighted by molar-refractivity contribution is -0.151. The third kappa shape index (κ3) is 16.1. The second kappa shape index (κ2) is 14.0. The van der Waals surface area contributed by atoms with E-state index < -0.39 is 11.6 Å². The van der Waals surface area contributed by atoms with Gasteiger partial charge in [-0.25, -0.2) is 0 Å². The van der Waals surface area contributed by atoms with Crippen LogP contribution in [0.2, 0.25) is 0 Å². The molecule has 0 saturated heterocycles. The number of hydrogen-bond donors (Lipinski definition) is 1. The molecule has 0 aromatic rings. The summed E-state index contributed by atoms with van der Waals surface area (Å²) in [5.74, 6) is -1.02. The van der Waals surface area contributed by atoms with Gasteiger partial charge < -0.3 is 9.84 Å². The second-order valence-corrected chi connectivity index (χ2v) is 8.18. The van der Waals surface area contributed by atoms with E-state index in [1.165, 1.54) is 18.1 Å². The Hall–Kier alpha value is -2.10. The van der Waals surface area contributed by atoms with Gasteiger partial charge in [-0.2, -0.15) is 0 Å². The van der Waals surface area contributed by atoms with Crippen molar-refractivity contribution in [1.29, 1.82) is 0 Å². The maximum Gasteiger partial charge on any atom is 0.304 e. The summed E-state index contributed by atoms with van der Waals surface area (Å²) in [7, 11) is 0. The van der Waals surface area contributed by atoms with Gasteiger partial charge in [-0.15, -0.1) is 6.58 Å². The number of carbonyl (C=O) groups is 2. The van der Waals surface area contributed by atoms with Crippen LogP contribution in [0.4, 0.5) is 0 Å². The van der Waals surface area contributed by atoms with Crippen molar-refractivity contribution in [1.82, 2.24) is 0 Å². The maximum absolute atomic E-state index is 10.8. The molecule has 1 N–H and O–H groups in total. The molecule has 0 aliphatic heterocycles. The topological polar surface area (TPSA) is 63.6 Å². The van der Waals surface area contributed by atoms with Crippen LogP contribution in [0, 0.1) is 5.41 Å². The van der Waals surface area contributed by atoms with E-state index in [0.29, 0.717) is 0 Å². The molecule has 0 aliphatic rings. The van der Waals surface area contributed by atoms with Crippen LogP contribution in [-0.2, 0) is 14.3 Å². The van der Waals surface area contributed by atoms with E-state index in [-0.39, 0.29) is 17.8 Å². The molecule has 0 aromatic carbocycles. The molecule has 0 amide bonds. The molecule has 28 heavy (non-hydrogen) atoms. The Morgan fingerprint density at radius 3 is 1.68 bits per heavy atom. The number of hydrogen-bond acceptors (Lipinski definition) is 3. The fraction of sp³-hybridized carbons (Fsp3) is 0.583. The minimum absolute atomic E-state index is 0.160. The summed E-state index contributed by atoms with van der Waals surface area (Å²) in [5.41, 5.74) is 1.74. The SMILES string of the molecule is C=CC(C)(CCC=C(C)C)CC(=O)O.C=CC(C)(CCC=C(C)C)OC(C)=O. The van der Waals surface area contributed by atoms with Gasteiger partial charge in [0.05, 0.1) is 6.42 Å². The third-order valence-electron chi connectivity index (χ3n) is 4.32. The Labute approximate surface area is 172 Å².